The topological polar surface area (TPSA) is 78.9 Å². The van der Waals surface area contributed by atoms with Gasteiger partial charge in [0.25, 0.3) is 0 Å². The molecule has 2 atom stereocenters. The first-order chi connectivity index (χ1) is 5.75. The van der Waals surface area contributed by atoms with Crippen LogP contribution in [0.4, 0.5) is 0 Å². The average Bonchev–Trinajstić information content (AvgIpc) is 2.05. The molecule has 0 saturated carbocycles. The maximum atomic E-state index is 10.7. The Kier molecular flexibility index (Phi) is 3.60. The SMILES string of the molecule is O=CNC1COCCN1S(=O)O. The third kappa shape index (κ3) is 2.24. The number of hydrogen-bond donors (Lipinski definition) is 2. The zero-order valence-electron chi connectivity index (χ0n) is 6.30. The third-order valence-corrected chi connectivity index (χ3v) is 2.38. The van der Waals surface area contributed by atoms with Gasteiger partial charge in [-0.15, -0.1) is 0 Å². The molecule has 0 radical (unpaired) electrons. The standard InChI is InChI=1S/C5H10N2O4S/c8-4-6-5-3-11-2-1-7(5)12(9)10/h4-5H,1-3H2,(H,6,8)(H,9,10). The lowest BCUT2D eigenvalue weighted by Gasteiger charge is -2.31. The van der Waals surface area contributed by atoms with Crippen LogP contribution in [0.25, 0.3) is 0 Å². The van der Waals surface area contributed by atoms with Crippen molar-refractivity contribution in [3.05, 3.63) is 0 Å². The van der Waals surface area contributed by atoms with Crippen LogP contribution in [-0.4, -0.2) is 45.4 Å². The number of nitrogens with zero attached hydrogens (tertiary/aromatic N) is 1. The summed E-state index contributed by atoms with van der Waals surface area (Å²) >= 11 is -2.05. The van der Waals surface area contributed by atoms with Crippen molar-refractivity contribution in [3.63, 3.8) is 0 Å². The first-order valence-corrected chi connectivity index (χ1v) is 4.47. The van der Waals surface area contributed by atoms with Crippen LogP contribution in [0.15, 0.2) is 0 Å². The molecule has 70 valence electrons. The van der Waals surface area contributed by atoms with Crippen molar-refractivity contribution < 1.29 is 18.3 Å². The van der Waals surface area contributed by atoms with Gasteiger partial charge in [0.1, 0.15) is 6.17 Å². The number of carbonyl (C=O) groups is 1. The van der Waals surface area contributed by atoms with E-state index in [9.17, 15) is 9.00 Å². The van der Waals surface area contributed by atoms with Crippen molar-refractivity contribution in [3.8, 4) is 0 Å². The van der Waals surface area contributed by atoms with Crippen molar-refractivity contribution in [2.45, 2.75) is 6.17 Å². The zero-order chi connectivity index (χ0) is 8.97. The summed E-state index contributed by atoms with van der Waals surface area (Å²) in [6, 6.07) is 0. The predicted octanol–water partition coefficient (Wildman–Crippen LogP) is -1.47. The lowest BCUT2D eigenvalue weighted by atomic mass is 10.4. The lowest BCUT2D eigenvalue weighted by Crippen LogP contribution is -2.53. The predicted molar refractivity (Wildman–Crippen MR) is 41.3 cm³/mol. The Hall–Kier alpha value is -0.500. The summed E-state index contributed by atoms with van der Waals surface area (Å²) in [6.07, 6.45) is -0.0127. The molecule has 1 amide bonds. The summed E-state index contributed by atoms with van der Waals surface area (Å²) < 4.78 is 25.7. The summed E-state index contributed by atoms with van der Waals surface area (Å²) in [5, 5.41) is 2.38. The molecule has 0 bridgehead atoms. The van der Waals surface area contributed by atoms with E-state index in [1.165, 1.54) is 4.31 Å². The van der Waals surface area contributed by atoms with E-state index in [2.05, 4.69) is 5.32 Å². The van der Waals surface area contributed by atoms with Crippen LogP contribution in [0.1, 0.15) is 0 Å². The highest BCUT2D eigenvalue weighted by Crippen LogP contribution is 2.04. The molecular weight excluding hydrogens is 184 g/mol. The molecule has 1 saturated heterocycles. The Morgan fingerprint density at radius 3 is 3.08 bits per heavy atom. The van der Waals surface area contributed by atoms with Gasteiger partial charge in [-0.25, -0.2) is 4.21 Å². The summed E-state index contributed by atoms with van der Waals surface area (Å²) in [6.45, 7) is 0.989. The van der Waals surface area contributed by atoms with Crippen LogP contribution in [0, 0.1) is 0 Å². The van der Waals surface area contributed by atoms with Crippen LogP contribution >= 0.6 is 0 Å². The fraction of sp³-hybridized carbons (Fsp3) is 0.800. The molecule has 2 unspecified atom stereocenters. The molecule has 0 aromatic carbocycles. The van der Waals surface area contributed by atoms with Crippen LogP contribution < -0.4 is 5.32 Å². The Morgan fingerprint density at radius 1 is 1.75 bits per heavy atom. The van der Waals surface area contributed by atoms with Gasteiger partial charge in [-0.1, -0.05) is 0 Å². The van der Waals surface area contributed by atoms with Gasteiger partial charge >= 0.3 is 0 Å². The highest BCUT2D eigenvalue weighted by molar-refractivity contribution is 7.76. The Morgan fingerprint density at radius 2 is 2.50 bits per heavy atom. The zero-order valence-corrected chi connectivity index (χ0v) is 7.12. The molecule has 2 N–H and O–H groups in total. The first kappa shape index (κ1) is 9.59. The highest BCUT2D eigenvalue weighted by Gasteiger charge is 2.26. The van der Waals surface area contributed by atoms with E-state index in [-0.39, 0.29) is 6.61 Å². The smallest absolute Gasteiger partial charge is 0.236 e. The van der Waals surface area contributed by atoms with Gasteiger partial charge < -0.3 is 10.1 Å². The van der Waals surface area contributed by atoms with Crippen molar-refractivity contribution >= 4 is 17.7 Å². The Bertz CT molecular complexity index is 188. The molecule has 1 aliphatic heterocycles. The van der Waals surface area contributed by atoms with E-state index < -0.39 is 17.4 Å². The van der Waals surface area contributed by atoms with E-state index in [1.807, 2.05) is 0 Å². The normalized spacial score (nSPS) is 27.9. The van der Waals surface area contributed by atoms with Crippen LogP contribution in [0.2, 0.25) is 0 Å². The first-order valence-electron chi connectivity index (χ1n) is 3.40. The van der Waals surface area contributed by atoms with Crippen molar-refractivity contribution in [1.82, 2.24) is 9.62 Å². The maximum absolute atomic E-state index is 10.7. The minimum absolute atomic E-state index is 0.241. The van der Waals surface area contributed by atoms with E-state index in [1.54, 1.807) is 0 Å². The summed E-state index contributed by atoms with van der Waals surface area (Å²) in [5.41, 5.74) is 0. The van der Waals surface area contributed by atoms with Crippen LogP contribution in [-0.2, 0) is 20.8 Å². The highest BCUT2D eigenvalue weighted by atomic mass is 32.2. The molecule has 12 heavy (non-hydrogen) atoms. The van der Waals surface area contributed by atoms with E-state index in [4.69, 9.17) is 9.29 Å². The van der Waals surface area contributed by atoms with Gasteiger partial charge in [0.15, 0.2) is 0 Å². The number of carbonyl (C=O) groups excluding carboxylic acids is 1. The second kappa shape index (κ2) is 4.51. The number of hydrogen-bond acceptors (Lipinski definition) is 3. The molecule has 1 rings (SSSR count). The largest absolute Gasteiger partial charge is 0.376 e. The van der Waals surface area contributed by atoms with Gasteiger partial charge in [0, 0.05) is 6.54 Å². The second-order valence-electron chi connectivity index (χ2n) is 2.25. The minimum Gasteiger partial charge on any atom is -0.376 e. The summed E-state index contributed by atoms with van der Waals surface area (Å²) in [7, 11) is 0. The Labute approximate surface area is 72.3 Å². The van der Waals surface area contributed by atoms with Crippen LogP contribution in [0.5, 0.6) is 0 Å². The molecule has 1 fully saturated rings. The quantitative estimate of drug-likeness (QED) is 0.424. The van der Waals surface area contributed by atoms with Crippen molar-refractivity contribution in [2.24, 2.45) is 0 Å². The minimum atomic E-state index is -2.05. The monoisotopic (exact) mass is 194 g/mol. The molecule has 7 heteroatoms. The third-order valence-electron chi connectivity index (χ3n) is 1.54. The molecule has 0 spiro atoms. The number of morpholine rings is 1. The van der Waals surface area contributed by atoms with E-state index in [0.29, 0.717) is 19.6 Å². The molecular formula is C5H10N2O4S. The number of nitrogens with one attached hydrogen (secondary N) is 1. The van der Waals surface area contributed by atoms with Gasteiger partial charge in [-0.3, -0.25) is 9.35 Å². The number of ether oxygens (including phenoxy) is 1. The fourth-order valence-electron chi connectivity index (χ4n) is 0.985. The number of amides is 1. The summed E-state index contributed by atoms with van der Waals surface area (Å²) in [4.78, 5) is 10.1. The van der Waals surface area contributed by atoms with Crippen molar-refractivity contribution in [1.29, 1.82) is 0 Å². The van der Waals surface area contributed by atoms with Gasteiger partial charge in [0.2, 0.25) is 17.7 Å². The van der Waals surface area contributed by atoms with Gasteiger partial charge in [0.05, 0.1) is 13.2 Å². The molecule has 1 aliphatic rings. The van der Waals surface area contributed by atoms with E-state index >= 15 is 0 Å². The van der Waals surface area contributed by atoms with Crippen molar-refractivity contribution in [2.75, 3.05) is 19.8 Å². The van der Waals surface area contributed by atoms with E-state index in [0.717, 1.165) is 0 Å². The average molecular weight is 194 g/mol. The molecule has 0 aromatic heterocycles. The molecule has 6 nitrogen and oxygen atoms in total. The number of rotatable bonds is 3. The maximum Gasteiger partial charge on any atom is 0.236 e. The van der Waals surface area contributed by atoms with Crippen LogP contribution in [0.3, 0.4) is 0 Å². The lowest BCUT2D eigenvalue weighted by molar-refractivity contribution is -0.112. The fourth-order valence-corrected chi connectivity index (χ4v) is 1.56. The molecule has 1 heterocycles. The van der Waals surface area contributed by atoms with Gasteiger partial charge in [-0.2, -0.15) is 4.31 Å². The second-order valence-corrected chi connectivity index (χ2v) is 3.18. The van der Waals surface area contributed by atoms with Gasteiger partial charge in [-0.05, 0) is 0 Å². The summed E-state index contributed by atoms with van der Waals surface area (Å²) in [5.74, 6) is 0. The molecule has 0 aliphatic carbocycles. The molecule has 0 aromatic rings. The Balaban J connectivity index is 2.53.